The van der Waals surface area contributed by atoms with Crippen molar-refractivity contribution in [3.8, 4) is 0 Å². The van der Waals surface area contributed by atoms with Crippen molar-refractivity contribution in [2.45, 2.75) is 97.8 Å². The van der Waals surface area contributed by atoms with E-state index in [1.165, 1.54) is 77.0 Å². The zero-order chi connectivity index (χ0) is 12.8. The summed E-state index contributed by atoms with van der Waals surface area (Å²) in [6, 6.07) is 0. The van der Waals surface area contributed by atoms with Crippen molar-refractivity contribution in [2.75, 3.05) is 0 Å². The molecule has 0 aliphatic carbocycles. The van der Waals surface area contributed by atoms with Crippen LogP contribution in [0.2, 0.25) is 0 Å². The topological polar surface area (TPSA) is 0 Å². The maximum absolute atomic E-state index is 2.33. The van der Waals surface area contributed by atoms with Crippen LogP contribution in [0.3, 0.4) is 0 Å². The fourth-order valence-electron chi connectivity index (χ4n) is 2.30. The Kier molecular flexibility index (Phi) is 14.1. The van der Waals surface area contributed by atoms with Crippen molar-refractivity contribution in [1.29, 1.82) is 0 Å². The largest absolute Gasteiger partial charge is 0.0654 e. The molecule has 0 N–H and O–H groups in total. The van der Waals surface area contributed by atoms with Crippen LogP contribution in [0, 0.1) is 12.3 Å². The lowest BCUT2D eigenvalue weighted by Gasteiger charge is -2.07. The van der Waals surface area contributed by atoms with E-state index in [0.29, 0.717) is 0 Å². The summed E-state index contributed by atoms with van der Waals surface area (Å²) >= 11 is 0. The molecule has 1 unspecified atom stereocenters. The number of hydrogen-bond acceptors (Lipinski definition) is 0. The predicted molar refractivity (Wildman–Crippen MR) is 80.2 cm³/mol. The molecule has 0 aliphatic rings. The Morgan fingerprint density at radius 2 is 1.12 bits per heavy atom. The second-order valence-electron chi connectivity index (χ2n) is 5.63. The van der Waals surface area contributed by atoms with Crippen molar-refractivity contribution in [3.05, 3.63) is 6.42 Å². The van der Waals surface area contributed by atoms with E-state index >= 15 is 0 Å². The van der Waals surface area contributed by atoms with Crippen molar-refractivity contribution in [2.24, 2.45) is 5.92 Å². The van der Waals surface area contributed by atoms with Gasteiger partial charge in [0.25, 0.3) is 0 Å². The highest BCUT2D eigenvalue weighted by Gasteiger charge is 1.98. The maximum atomic E-state index is 2.33. The van der Waals surface area contributed by atoms with Crippen molar-refractivity contribution in [1.82, 2.24) is 0 Å². The molecule has 103 valence electrons. The molecule has 0 heteroatoms. The predicted octanol–water partition coefficient (Wildman–Crippen LogP) is 6.55. The summed E-state index contributed by atoms with van der Waals surface area (Å²) in [5.74, 6) is 0.827. The molecule has 0 saturated carbocycles. The van der Waals surface area contributed by atoms with Gasteiger partial charge in [0.2, 0.25) is 0 Å². The van der Waals surface area contributed by atoms with Gasteiger partial charge in [0.05, 0.1) is 0 Å². The number of unbranched alkanes of at least 4 members (excludes halogenated alkanes) is 10. The summed E-state index contributed by atoms with van der Waals surface area (Å²) in [4.78, 5) is 0. The van der Waals surface area contributed by atoms with Crippen molar-refractivity contribution >= 4 is 0 Å². The van der Waals surface area contributed by atoms with Gasteiger partial charge >= 0.3 is 0 Å². The Bertz CT molecular complexity index is 128. The Balaban J connectivity index is 2.94. The van der Waals surface area contributed by atoms with Gasteiger partial charge in [0.15, 0.2) is 0 Å². The minimum absolute atomic E-state index is 0.827. The van der Waals surface area contributed by atoms with E-state index in [1.54, 1.807) is 0 Å². The van der Waals surface area contributed by atoms with Crippen molar-refractivity contribution < 1.29 is 0 Å². The Morgan fingerprint density at radius 1 is 0.706 bits per heavy atom. The third-order valence-electron chi connectivity index (χ3n) is 3.83. The normalized spacial score (nSPS) is 12.9. The lowest BCUT2D eigenvalue weighted by molar-refractivity contribution is 0.513. The summed E-state index contributed by atoms with van der Waals surface area (Å²) in [7, 11) is 0. The first-order valence-electron chi connectivity index (χ1n) is 8.10. The third kappa shape index (κ3) is 13.9. The van der Waals surface area contributed by atoms with Crippen molar-refractivity contribution in [3.63, 3.8) is 0 Å². The highest BCUT2D eigenvalue weighted by atomic mass is 14.0. The van der Waals surface area contributed by atoms with Crippen LogP contribution < -0.4 is 0 Å². The molecule has 17 heavy (non-hydrogen) atoms. The smallest absolute Gasteiger partial charge is 0.0389 e. The zero-order valence-corrected chi connectivity index (χ0v) is 12.6. The Labute approximate surface area is 111 Å². The summed E-state index contributed by atoms with van der Waals surface area (Å²) in [6.45, 7) is 6.80. The Morgan fingerprint density at radius 3 is 1.53 bits per heavy atom. The summed E-state index contributed by atoms with van der Waals surface area (Å²) in [5.41, 5.74) is 0. The van der Waals surface area contributed by atoms with E-state index in [1.807, 2.05) is 0 Å². The fourth-order valence-corrected chi connectivity index (χ4v) is 2.30. The average Bonchev–Trinajstić information content (AvgIpc) is 2.35. The van der Waals surface area contributed by atoms with Gasteiger partial charge in [-0.15, -0.1) is 0 Å². The van der Waals surface area contributed by atoms with Gasteiger partial charge in [-0.05, 0) is 12.3 Å². The first kappa shape index (κ1) is 17.0. The molecule has 0 spiro atoms. The molecule has 0 rings (SSSR count). The maximum Gasteiger partial charge on any atom is -0.0389 e. The Hall–Kier alpha value is 0. The second-order valence-corrected chi connectivity index (χ2v) is 5.63. The molecule has 0 aromatic carbocycles. The molecule has 1 radical (unpaired) electrons. The van der Waals surface area contributed by atoms with Crippen LogP contribution in [0.25, 0.3) is 0 Å². The van der Waals surface area contributed by atoms with Gasteiger partial charge in [-0.25, -0.2) is 0 Å². The molecule has 0 fully saturated rings. The summed E-state index contributed by atoms with van der Waals surface area (Å²) < 4.78 is 0. The monoisotopic (exact) mass is 239 g/mol. The molecule has 1 atom stereocenters. The second kappa shape index (κ2) is 14.1. The minimum Gasteiger partial charge on any atom is -0.0654 e. The quantitative estimate of drug-likeness (QED) is 0.320. The molecule has 0 nitrogen and oxygen atoms in total. The molecule has 0 aliphatic heterocycles. The summed E-state index contributed by atoms with van der Waals surface area (Å²) in [5, 5.41) is 0. The SMILES string of the molecule is C[CH]C(C)CCCCCCCCCCCCC. The fraction of sp³-hybridized carbons (Fsp3) is 0.941. The van der Waals surface area contributed by atoms with E-state index in [0.717, 1.165) is 5.92 Å². The molecular formula is C17H35. The van der Waals surface area contributed by atoms with Gasteiger partial charge in [0.1, 0.15) is 0 Å². The number of rotatable bonds is 13. The lowest BCUT2D eigenvalue weighted by Crippen LogP contribution is -1.92. The van der Waals surface area contributed by atoms with Crippen LogP contribution in [0.15, 0.2) is 0 Å². The first-order chi connectivity index (χ1) is 8.31. The summed E-state index contributed by atoms with van der Waals surface area (Å²) in [6.07, 6.45) is 19.7. The molecule has 0 saturated heterocycles. The average molecular weight is 239 g/mol. The number of hydrogen-bond donors (Lipinski definition) is 0. The van der Waals surface area contributed by atoms with Crippen LogP contribution in [0.5, 0.6) is 0 Å². The van der Waals surface area contributed by atoms with E-state index in [2.05, 4.69) is 27.2 Å². The van der Waals surface area contributed by atoms with Crippen LogP contribution in [0.4, 0.5) is 0 Å². The molecule has 0 heterocycles. The minimum atomic E-state index is 0.827. The van der Waals surface area contributed by atoms with E-state index in [9.17, 15) is 0 Å². The van der Waals surface area contributed by atoms with Crippen LogP contribution in [-0.4, -0.2) is 0 Å². The van der Waals surface area contributed by atoms with Crippen LogP contribution >= 0.6 is 0 Å². The highest BCUT2D eigenvalue weighted by Crippen LogP contribution is 2.14. The van der Waals surface area contributed by atoms with Gasteiger partial charge in [-0.2, -0.15) is 0 Å². The standard InChI is InChI=1S/C17H35/c1-4-6-7-8-9-10-11-12-13-14-15-16-17(3)5-2/h5,17H,4,6-16H2,1-3H3. The molecule has 0 bridgehead atoms. The van der Waals surface area contributed by atoms with Gasteiger partial charge < -0.3 is 0 Å². The molecule has 0 aromatic heterocycles. The molecular weight excluding hydrogens is 204 g/mol. The van der Waals surface area contributed by atoms with E-state index in [-0.39, 0.29) is 0 Å². The zero-order valence-electron chi connectivity index (χ0n) is 12.6. The van der Waals surface area contributed by atoms with Gasteiger partial charge in [0, 0.05) is 0 Å². The first-order valence-corrected chi connectivity index (χ1v) is 8.10. The van der Waals surface area contributed by atoms with E-state index in [4.69, 9.17) is 0 Å². The van der Waals surface area contributed by atoms with Crippen LogP contribution in [-0.2, 0) is 0 Å². The third-order valence-corrected chi connectivity index (χ3v) is 3.83. The molecule has 0 amide bonds. The van der Waals surface area contributed by atoms with Gasteiger partial charge in [-0.1, -0.05) is 97.8 Å². The van der Waals surface area contributed by atoms with E-state index < -0.39 is 0 Å². The van der Waals surface area contributed by atoms with Crippen LogP contribution in [0.1, 0.15) is 97.8 Å². The van der Waals surface area contributed by atoms with Gasteiger partial charge in [-0.3, -0.25) is 0 Å². The molecule has 0 aromatic rings. The lowest BCUT2D eigenvalue weighted by atomic mass is 9.99. The highest BCUT2D eigenvalue weighted by molar-refractivity contribution is 4.65.